The average molecular weight is 197 g/mol. The van der Waals surface area contributed by atoms with E-state index in [4.69, 9.17) is 0 Å². The molecule has 0 radical (unpaired) electrons. The largest absolute Gasteiger partial charge is 0.311 e. The summed E-state index contributed by atoms with van der Waals surface area (Å²) in [6.45, 7) is 4.58. The second-order valence-electron chi connectivity index (χ2n) is 4.78. The normalized spacial score (nSPS) is 27.9. The Morgan fingerprint density at radius 2 is 1.43 bits per heavy atom. The SMILES string of the molecule is CCCCC1CCCC(CCCC)N1. The summed E-state index contributed by atoms with van der Waals surface area (Å²) in [5.74, 6) is 0. The first-order valence-electron chi connectivity index (χ1n) is 6.62. The van der Waals surface area contributed by atoms with Gasteiger partial charge < -0.3 is 5.32 Å². The number of rotatable bonds is 6. The monoisotopic (exact) mass is 197 g/mol. The van der Waals surface area contributed by atoms with Crippen LogP contribution < -0.4 is 5.32 Å². The minimum absolute atomic E-state index is 0.838. The Kier molecular flexibility index (Phi) is 6.25. The van der Waals surface area contributed by atoms with Gasteiger partial charge in [-0.2, -0.15) is 0 Å². The van der Waals surface area contributed by atoms with Gasteiger partial charge in [0.2, 0.25) is 0 Å². The summed E-state index contributed by atoms with van der Waals surface area (Å²) in [5.41, 5.74) is 0. The highest BCUT2D eigenvalue weighted by molar-refractivity contribution is 4.80. The van der Waals surface area contributed by atoms with Gasteiger partial charge >= 0.3 is 0 Å². The molecular weight excluding hydrogens is 170 g/mol. The fourth-order valence-corrected chi connectivity index (χ4v) is 2.47. The minimum atomic E-state index is 0.838. The molecule has 14 heavy (non-hydrogen) atoms. The van der Waals surface area contributed by atoms with Crippen LogP contribution in [0.2, 0.25) is 0 Å². The molecule has 0 aromatic rings. The lowest BCUT2D eigenvalue weighted by molar-refractivity contribution is 0.289. The maximum atomic E-state index is 3.82. The number of unbranched alkanes of at least 4 members (excludes halogenated alkanes) is 2. The summed E-state index contributed by atoms with van der Waals surface area (Å²) < 4.78 is 0. The second kappa shape index (κ2) is 7.28. The van der Waals surface area contributed by atoms with E-state index in [0.717, 1.165) is 12.1 Å². The second-order valence-corrected chi connectivity index (χ2v) is 4.78. The van der Waals surface area contributed by atoms with Crippen molar-refractivity contribution < 1.29 is 0 Å². The van der Waals surface area contributed by atoms with Gasteiger partial charge in [0.05, 0.1) is 0 Å². The van der Waals surface area contributed by atoms with Crippen molar-refractivity contribution in [2.45, 2.75) is 83.7 Å². The molecule has 1 aliphatic rings. The maximum absolute atomic E-state index is 3.82. The van der Waals surface area contributed by atoms with Gasteiger partial charge in [-0.3, -0.25) is 0 Å². The van der Waals surface area contributed by atoms with Gasteiger partial charge in [0, 0.05) is 12.1 Å². The smallest absolute Gasteiger partial charge is 0.00696 e. The molecule has 0 aromatic carbocycles. The van der Waals surface area contributed by atoms with Crippen molar-refractivity contribution in [1.29, 1.82) is 0 Å². The lowest BCUT2D eigenvalue weighted by atomic mass is 9.92. The highest BCUT2D eigenvalue weighted by Crippen LogP contribution is 2.19. The van der Waals surface area contributed by atoms with Gasteiger partial charge in [0.1, 0.15) is 0 Å². The van der Waals surface area contributed by atoms with Crippen LogP contribution in [0.1, 0.15) is 71.6 Å². The van der Waals surface area contributed by atoms with Gasteiger partial charge in [-0.1, -0.05) is 46.0 Å². The van der Waals surface area contributed by atoms with E-state index in [9.17, 15) is 0 Å². The molecule has 1 rings (SSSR count). The molecule has 2 unspecified atom stereocenters. The van der Waals surface area contributed by atoms with Crippen LogP contribution in [0.15, 0.2) is 0 Å². The fraction of sp³-hybridized carbons (Fsp3) is 1.00. The molecule has 1 aliphatic heterocycles. The molecule has 0 saturated carbocycles. The van der Waals surface area contributed by atoms with Crippen molar-refractivity contribution in [3.8, 4) is 0 Å². The third kappa shape index (κ3) is 4.45. The van der Waals surface area contributed by atoms with Gasteiger partial charge in [-0.25, -0.2) is 0 Å². The summed E-state index contributed by atoms with van der Waals surface area (Å²) >= 11 is 0. The predicted molar refractivity (Wildman–Crippen MR) is 63.6 cm³/mol. The first-order chi connectivity index (χ1) is 6.86. The highest BCUT2D eigenvalue weighted by atomic mass is 15.0. The number of hydrogen-bond donors (Lipinski definition) is 1. The van der Waals surface area contributed by atoms with E-state index in [1.165, 1.54) is 57.8 Å². The molecule has 0 bridgehead atoms. The molecule has 2 atom stereocenters. The zero-order valence-electron chi connectivity index (χ0n) is 10.0. The molecule has 0 spiro atoms. The van der Waals surface area contributed by atoms with Crippen LogP contribution in [0.5, 0.6) is 0 Å². The average Bonchev–Trinajstić information content (AvgIpc) is 2.24. The van der Waals surface area contributed by atoms with E-state index in [0.29, 0.717) is 0 Å². The van der Waals surface area contributed by atoms with Crippen LogP contribution in [0.4, 0.5) is 0 Å². The summed E-state index contributed by atoms with van der Waals surface area (Å²) in [4.78, 5) is 0. The highest BCUT2D eigenvalue weighted by Gasteiger charge is 2.19. The third-order valence-corrected chi connectivity index (χ3v) is 3.39. The fourth-order valence-electron chi connectivity index (χ4n) is 2.47. The molecule has 1 N–H and O–H groups in total. The lowest BCUT2D eigenvalue weighted by Gasteiger charge is -2.31. The molecule has 0 aromatic heterocycles. The molecule has 1 saturated heterocycles. The summed E-state index contributed by atoms with van der Waals surface area (Å²) in [6, 6.07) is 1.68. The Morgan fingerprint density at radius 1 is 0.929 bits per heavy atom. The molecule has 1 nitrogen and oxygen atoms in total. The van der Waals surface area contributed by atoms with Crippen molar-refractivity contribution in [3.63, 3.8) is 0 Å². The number of piperidine rings is 1. The number of nitrogens with one attached hydrogen (secondary N) is 1. The Bertz CT molecular complexity index is 119. The molecule has 0 aliphatic carbocycles. The molecule has 1 fully saturated rings. The number of hydrogen-bond acceptors (Lipinski definition) is 1. The summed E-state index contributed by atoms with van der Waals surface area (Å²) in [5, 5.41) is 3.82. The van der Waals surface area contributed by atoms with Crippen molar-refractivity contribution in [2.75, 3.05) is 0 Å². The Balaban J connectivity index is 2.14. The van der Waals surface area contributed by atoms with Crippen molar-refractivity contribution >= 4 is 0 Å². The van der Waals surface area contributed by atoms with Crippen molar-refractivity contribution in [3.05, 3.63) is 0 Å². The minimum Gasteiger partial charge on any atom is -0.311 e. The first kappa shape index (κ1) is 12.0. The van der Waals surface area contributed by atoms with Gasteiger partial charge in [-0.05, 0) is 25.7 Å². The Morgan fingerprint density at radius 3 is 1.86 bits per heavy atom. The van der Waals surface area contributed by atoms with Crippen LogP contribution in [-0.4, -0.2) is 12.1 Å². The van der Waals surface area contributed by atoms with Gasteiger partial charge in [0.15, 0.2) is 0 Å². The standard InChI is InChI=1S/C13H27N/c1-3-5-8-12-10-7-11-13(14-12)9-6-4-2/h12-14H,3-11H2,1-2H3. The van der Waals surface area contributed by atoms with E-state index in [-0.39, 0.29) is 0 Å². The molecule has 0 amide bonds. The van der Waals surface area contributed by atoms with Gasteiger partial charge in [0.25, 0.3) is 0 Å². The molecule has 84 valence electrons. The van der Waals surface area contributed by atoms with Crippen LogP contribution in [0.3, 0.4) is 0 Å². The zero-order chi connectivity index (χ0) is 10.2. The zero-order valence-corrected chi connectivity index (χ0v) is 10.0. The first-order valence-corrected chi connectivity index (χ1v) is 6.62. The summed E-state index contributed by atoms with van der Waals surface area (Å²) in [6.07, 6.45) is 12.6. The Labute approximate surface area is 89.7 Å². The predicted octanol–water partition coefficient (Wildman–Crippen LogP) is 3.88. The Hall–Kier alpha value is -0.0400. The van der Waals surface area contributed by atoms with Crippen molar-refractivity contribution in [2.24, 2.45) is 0 Å². The topological polar surface area (TPSA) is 12.0 Å². The van der Waals surface area contributed by atoms with E-state index in [2.05, 4.69) is 19.2 Å². The van der Waals surface area contributed by atoms with E-state index in [1.54, 1.807) is 0 Å². The molecule has 1 heteroatoms. The van der Waals surface area contributed by atoms with E-state index >= 15 is 0 Å². The van der Waals surface area contributed by atoms with E-state index in [1.807, 2.05) is 0 Å². The quantitative estimate of drug-likeness (QED) is 0.681. The van der Waals surface area contributed by atoms with Crippen LogP contribution in [0, 0.1) is 0 Å². The third-order valence-electron chi connectivity index (χ3n) is 3.39. The van der Waals surface area contributed by atoms with Crippen molar-refractivity contribution in [1.82, 2.24) is 5.32 Å². The molecular formula is C13H27N. The van der Waals surface area contributed by atoms with Gasteiger partial charge in [-0.15, -0.1) is 0 Å². The van der Waals surface area contributed by atoms with E-state index < -0.39 is 0 Å². The molecule has 1 heterocycles. The summed E-state index contributed by atoms with van der Waals surface area (Å²) in [7, 11) is 0. The maximum Gasteiger partial charge on any atom is 0.00696 e. The van der Waals surface area contributed by atoms with Crippen LogP contribution in [-0.2, 0) is 0 Å². The lowest BCUT2D eigenvalue weighted by Crippen LogP contribution is -2.42. The van der Waals surface area contributed by atoms with Crippen LogP contribution in [0.25, 0.3) is 0 Å². The van der Waals surface area contributed by atoms with Crippen LogP contribution >= 0.6 is 0 Å².